The van der Waals surface area contributed by atoms with Crippen molar-refractivity contribution in [3.05, 3.63) is 29.3 Å². The van der Waals surface area contributed by atoms with E-state index in [2.05, 4.69) is 38.2 Å². The van der Waals surface area contributed by atoms with Gasteiger partial charge in [0.1, 0.15) is 0 Å². The third-order valence-electron chi connectivity index (χ3n) is 3.27. The number of nitrogens with one attached hydrogen (secondary N) is 1. The predicted molar refractivity (Wildman–Crippen MR) is 89.0 cm³/mol. The monoisotopic (exact) mass is 298 g/mol. The number of benzene rings is 1. The van der Waals surface area contributed by atoms with Gasteiger partial charge in [0, 0.05) is 12.2 Å². The molecule has 0 unspecified atom stereocenters. The summed E-state index contributed by atoms with van der Waals surface area (Å²) in [6.45, 7) is 10.3. The van der Waals surface area contributed by atoms with Crippen LogP contribution in [0.1, 0.15) is 37.8 Å². The topological polar surface area (TPSA) is 32.3 Å². The van der Waals surface area contributed by atoms with Crippen LogP contribution in [0.5, 0.6) is 0 Å². The average Bonchev–Trinajstić information content (AvgIpc) is 2.39. The highest BCUT2D eigenvalue weighted by molar-refractivity contribution is 5.96. The fourth-order valence-electron chi connectivity index (χ4n) is 2.24. The summed E-state index contributed by atoms with van der Waals surface area (Å²) in [7, 11) is 0. The lowest BCUT2D eigenvalue weighted by atomic mass is 10.1. The standard InChI is InChI=1S/C16H26N2O.ClH/c1-5-7-11-18(15(19)12-17-6-2)16-13(3)9-8-10-14(16)4;/h8-10,17H,5-7,11-12H2,1-4H3;1H. The molecule has 20 heavy (non-hydrogen) atoms. The van der Waals surface area contributed by atoms with E-state index in [1.165, 1.54) is 11.1 Å². The van der Waals surface area contributed by atoms with E-state index in [0.29, 0.717) is 6.54 Å². The summed E-state index contributed by atoms with van der Waals surface area (Å²) in [6, 6.07) is 6.19. The average molecular weight is 299 g/mol. The fourth-order valence-corrected chi connectivity index (χ4v) is 2.24. The van der Waals surface area contributed by atoms with Crippen molar-refractivity contribution in [3.8, 4) is 0 Å². The Morgan fingerprint density at radius 1 is 1.20 bits per heavy atom. The van der Waals surface area contributed by atoms with Crippen LogP contribution in [-0.2, 0) is 4.79 Å². The molecule has 0 aliphatic rings. The number of anilines is 1. The van der Waals surface area contributed by atoms with Gasteiger partial charge in [-0.25, -0.2) is 0 Å². The Kier molecular flexibility index (Phi) is 9.26. The van der Waals surface area contributed by atoms with Gasteiger partial charge >= 0.3 is 0 Å². The molecule has 0 saturated heterocycles. The van der Waals surface area contributed by atoms with Crippen LogP contribution in [0.25, 0.3) is 0 Å². The van der Waals surface area contributed by atoms with Gasteiger partial charge in [0.2, 0.25) is 5.91 Å². The maximum atomic E-state index is 12.4. The molecule has 0 spiro atoms. The molecule has 0 heterocycles. The Labute approximate surface area is 129 Å². The highest BCUT2D eigenvalue weighted by Gasteiger charge is 2.18. The maximum Gasteiger partial charge on any atom is 0.240 e. The Hall–Kier alpha value is -1.06. The molecule has 1 rings (SSSR count). The molecule has 114 valence electrons. The number of amides is 1. The van der Waals surface area contributed by atoms with E-state index in [-0.39, 0.29) is 18.3 Å². The zero-order valence-electron chi connectivity index (χ0n) is 13.0. The molecule has 1 aromatic rings. The third-order valence-corrected chi connectivity index (χ3v) is 3.27. The minimum atomic E-state index is 0. The maximum absolute atomic E-state index is 12.4. The van der Waals surface area contributed by atoms with E-state index in [0.717, 1.165) is 31.6 Å². The predicted octanol–water partition coefficient (Wildman–Crippen LogP) is 3.47. The SMILES string of the molecule is CCCCN(C(=O)CNCC)c1c(C)cccc1C.Cl. The van der Waals surface area contributed by atoms with Gasteiger partial charge in [0.05, 0.1) is 6.54 Å². The van der Waals surface area contributed by atoms with Crippen LogP contribution in [0, 0.1) is 13.8 Å². The summed E-state index contributed by atoms with van der Waals surface area (Å²) in [5.41, 5.74) is 3.42. The molecule has 0 aliphatic heterocycles. The van der Waals surface area contributed by atoms with Crippen molar-refractivity contribution in [2.45, 2.75) is 40.5 Å². The van der Waals surface area contributed by atoms with E-state index in [4.69, 9.17) is 0 Å². The Morgan fingerprint density at radius 2 is 1.80 bits per heavy atom. The van der Waals surface area contributed by atoms with Gasteiger partial charge in [0.15, 0.2) is 0 Å². The number of carbonyl (C=O) groups excluding carboxylic acids is 1. The highest BCUT2D eigenvalue weighted by Crippen LogP contribution is 2.25. The lowest BCUT2D eigenvalue weighted by Gasteiger charge is -2.26. The zero-order chi connectivity index (χ0) is 14.3. The van der Waals surface area contributed by atoms with Crippen LogP contribution in [0.4, 0.5) is 5.69 Å². The van der Waals surface area contributed by atoms with Crippen molar-refractivity contribution in [3.63, 3.8) is 0 Å². The molecule has 0 aliphatic carbocycles. The van der Waals surface area contributed by atoms with Crippen molar-refractivity contribution < 1.29 is 4.79 Å². The normalized spacial score (nSPS) is 10.0. The molecule has 1 N–H and O–H groups in total. The van der Waals surface area contributed by atoms with E-state index in [9.17, 15) is 4.79 Å². The number of hydrogen-bond donors (Lipinski definition) is 1. The number of para-hydroxylation sites is 1. The minimum Gasteiger partial charge on any atom is -0.311 e. The largest absolute Gasteiger partial charge is 0.311 e. The first-order chi connectivity index (χ1) is 9.11. The molecule has 1 aromatic carbocycles. The number of rotatable bonds is 7. The summed E-state index contributed by atoms with van der Waals surface area (Å²) in [4.78, 5) is 14.3. The zero-order valence-corrected chi connectivity index (χ0v) is 13.8. The van der Waals surface area contributed by atoms with E-state index >= 15 is 0 Å². The van der Waals surface area contributed by atoms with Gasteiger partial charge in [0.25, 0.3) is 0 Å². The van der Waals surface area contributed by atoms with Crippen molar-refractivity contribution in [1.29, 1.82) is 0 Å². The first-order valence-corrected chi connectivity index (χ1v) is 7.19. The lowest BCUT2D eigenvalue weighted by Crippen LogP contribution is -2.39. The summed E-state index contributed by atoms with van der Waals surface area (Å²) < 4.78 is 0. The van der Waals surface area contributed by atoms with E-state index < -0.39 is 0 Å². The molecule has 0 atom stereocenters. The first-order valence-electron chi connectivity index (χ1n) is 7.19. The summed E-state index contributed by atoms with van der Waals surface area (Å²) in [6.07, 6.45) is 2.13. The second-order valence-electron chi connectivity index (χ2n) is 4.92. The smallest absolute Gasteiger partial charge is 0.240 e. The van der Waals surface area contributed by atoms with Crippen LogP contribution in [-0.4, -0.2) is 25.5 Å². The highest BCUT2D eigenvalue weighted by atomic mass is 35.5. The van der Waals surface area contributed by atoms with Gasteiger partial charge in [-0.15, -0.1) is 12.4 Å². The van der Waals surface area contributed by atoms with Crippen LogP contribution < -0.4 is 10.2 Å². The quantitative estimate of drug-likeness (QED) is 0.836. The number of halogens is 1. The molecule has 0 radical (unpaired) electrons. The molecular weight excluding hydrogens is 272 g/mol. The number of aryl methyl sites for hydroxylation is 2. The molecule has 0 bridgehead atoms. The van der Waals surface area contributed by atoms with Gasteiger partial charge in [-0.05, 0) is 37.9 Å². The molecule has 1 amide bonds. The summed E-state index contributed by atoms with van der Waals surface area (Å²) >= 11 is 0. The minimum absolute atomic E-state index is 0. The lowest BCUT2D eigenvalue weighted by molar-refractivity contribution is -0.117. The van der Waals surface area contributed by atoms with Crippen LogP contribution in [0.15, 0.2) is 18.2 Å². The molecule has 4 heteroatoms. The second-order valence-corrected chi connectivity index (χ2v) is 4.92. The number of unbranched alkanes of at least 4 members (excludes halogenated alkanes) is 1. The molecule has 0 fully saturated rings. The Balaban J connectivity index is 0.00000361. The number of carbonyl (C=O) groups is 1. The van der Waals surface area contributed by atoms with Gasteiger partial charge in [-0.1, -0.05) is 38.5 Å². The molecule has 3 nitrogen and oxygen atoms in total. The van der Waals surface area contributed by atoms with Crippen LogP contribution >= 0.6 is 12.4 Å². The third kappa shape index (κ3) is 5.14. The number of likely N-dealkylation sites (N-methyl/N-ethyl adjacent to an activating group) is 1. The van der Waals surface area contributed by atoms with Crippen LogP contribution in [0.2, 0.25) is 0 Å². The Bertz CT molecular complexity index is 401. The van der Waals surface area contributed by atoms with Crippen molar-refractivity contribution in [2.24, 2.45) is 0 Å². The van der Waals surface area contributed by atoms with Gasteiger partial charge < -0.3 is 10.2 Å². The van der Waals surface area contributed by atoms with Gasteiger partial charge in [-0.3, -0.25) is 4.79 Å². The van der Waals surface area contributed by atoms with Crippen molar-refractivity contribution >= 4 is 24.0 Å². The summed E-state index contributed by atoms with van der Waals surface area (Å²) in [5.74, 6) is 0.160. The first kappa shape index (κ1) is 18.9. The second kappa shape index (κ2) is 9.78. The van der Waals surface area contributed by atoms with E-state index in [1.807, 2.05) is 17.9 Å². The fraction of sp³-hybridized carbons (Fsp3) is 0.562. The van der Waals surface area contributed by atoms with Crippen molar-refractivity contribution in [1.82, 2.24) is 5.32 Å². The number of hydrogen-bond acceptors (Lipinski definition) is 2. The Morgan fingerprint density at radius 3 is 2.30 bits per heavy atom. The van der Waals surface area contributed by atoms with Crippen LogP contribution in [0.3, 0.4) is 0 Å². The van der Waals surface area contributed by atoms with Gasteiger partial charge in [-0.2, -0.15) is 0 Å². The molecule has 0 aromatic heterocycles. The van der Waals surface area contributed by atoms with E-state index in [1.54, 1.807) is 0 Å². The number of nitrogens with zero attached hydrogens (tertiary/aromatic N) is 1. The molecular formula is C16H27ClN2O. The molecule has 0 saturated carbocycles. The van der Waals surface area contributed by atoms with Crippen molar-refractivity contribution in [2.75, 3.05) is 24.5 Å². The summed E-state index contributed by atoms with van der Waals surface area (Å²) in [5, 5.41) is 3.12.